The second-order valence-corrected chi connectivity index (χ2v) is 11.0. The van der Waals surface area contributed by atoms with E-state index in [1.54, 1.807) is 50.8 Å². The van der Waals surface area contributed by atoms with Crippen molar-refractivity contribution in [1.29, 1.82) is 0 Å². The number of carboxylic acids is 4. The summed E-state index contributed by atoms with van der Waals surface area (Å²) >= 11 is 0. The van der Waals surface area contributed by atoms with Crippen LogP contribution in [-0.2, 0) is 35.1 Å². The molecule has 0 amide bonds. The number of hydrogen-bond acceptors (Lipinski definition) is 14. The molecular weight excluding hydrogens is 762 g/mol. The molecule has 15 nitrogen and oxygen atoms in total. The minimum Gasteiger partial charge on any atom is -0.549 e. The molecule has 16 heteroatoms. The Morgan fingerprint density at radius 3 is 1.62 bits per heavy atom. The zero-order valence-corrected chi connectivity index (χ0v) is 29.4. The van der Waals surface area contributed by atoms with Gasteiger partial charge in [0, 0.05) is 72.1 Å². The summed E-state index contributed by atoms with van der Waals surface area (Å²) in [7, 11) is 0. The molecule has 47 heavy (non-hydrogen) atoms. The first-order valence-corrected chi connectivity index (χ1v) is 15.7. The summed E-state index contributed by atoms with van der Waals surface area (Å²) in [5.41, 5.74) is 0.703. The van der Waals surface area contributed by atoms with E-state index >= 15 is 0 Å². The first kappa shape index (κ1) is 43.0. The van der Waals surface area contributed by atoms with Crippen molar-refractivity contribution in [2.45, 2.75) is 38.8 Å². The molecule has 1 N–H and O–H groups in total. The fourth-order valence-corrected chi connectivity index (χ4v) is 5.31. The largest absolute Gasteiger partial charge is 3.00 e. The maximum Gasteiger partial charge on any atom is 3.00 e. The quantitative estimate of drug-likeness (QED) is 0.134. The molecule has 0 bridgehead atoms. The van der Waals surface area contributed by atoms with Crippen LogP contribution in [0.5, 0.6) is 5.75 Å². The number of benzene rings is 1. The number of ether oxygens (including phenoxy) is 3. The molecule has 2 rings (SSSR count). The number of carbonyl (C=O) groups is 4. The fourth-order valence-electron chi connectivity index (χ4n) is 5.31. The van der Waals surface area contributed by atoms with Gasteiger partial charge < -0.3 is 49.0 Å². The number of carboxylic acid groups (broad SMARTS) is 4. The molecule has 1 aliphatic heterocycles. The summed E-state index contributed by atoms with van der Waals surface area (Å²) in [6.07, 6.45) is 0.378. The second-order valence-electron chi connectivity index (χ2n) is 11.0. The molecule has 0 aliphatic carbocycles. The van der Waals surface area contributed by atoms with Crippen molar-refractivity contribution in [3.63, 3.8) is 0 Å². The third kappa shape index (κ3) is 17.3. The normalized spacial score (nSPS) is 17.4. The van der Waals surface area contributed by atoms with Crippen LogP contribution in [0, 0.1) is 39.9 Å². The van der Waals surface area contributed by atoms with Crippen molar-refractivity contribution in [3.8, 4) is 5.75 Å². The molecule has 265 valence electrons. The van der Waals surface area contributed by atoms with Crippen LogP contribution >= 0.6 is 0 Å². The number of aliphatic carboxylic acids is 4. The van der Waals surface area contributed by atoms with Crippen LogP contribution < -0.4 is 20.1 Å². The number of rotatable bonds is 19. The average molecular weight is 809 g/mol. The number of nitrogens with zero attached hydrogens (tertiary/aromatic N) is 4. The van der Waals surface area contributed by atoms with E-state index in [1.807, 2.05) is 6.92 Å². The Morgan fingerprint density at radius 2 is 1.19 bits per heavy atom. The van der Waals surface area contributed by atoms with Crippen LogP contribution in [0.25, 0.3) is 0 Å². The first-order valence-electron chi connectivity index (χ1n) is 15.7. The van der Waals surface area contributed by atoms with Crippen molar-refractivity contribution >= 4 is 23.9 Å². The van der Waals surface area contributed by atoms with Crippen LogP contribution in [0.15, 0.2) is 24.3 Å². The van der Waals surface area contributed by atoms with Crippen molar-refractivity contribution in [2.75, 3.05) is 98.5 Å². The molecule has 1 aromatic rings. The zero-order valence-electron chi connectivity index (χ0n) is 27.2. The van der Waals surface area contributed by atoms with E-state index in [2.05, 4.69) is 0 Å². The number of hydrogen-bond donors (Lipinski definition) is 1. The topological polar surface area (TPSA) is 198 Å². The van der Waals surface area contributed by atoms with Gasteiger partial charge >= 0.3 is 45.9 Å². The van der Waals surface area contributed by atoms with Crippen LogP contribution in [-0.4, -0.2) is 159 Å². The molecule has 1 saturated heterocycles. The van der Waals surface area contributed by atoms with Crippen LogP contribution in [0.2, 0.25) is 0 Å². The van der Waals surface area contributed by atoms with Gasteiger partial charge in [-0.1, -0.05) is 19.1 Å². The molecule has 2 atom stereocenters. The van der Waals surface area contributed by atoms with Gasteiger partial charge in [0.2, 0.25) is 0 Å². The summed E-state index contributed by atoms with van der Waals surface area (Å²) in [6.45, 7) is 6.45. The first-order chi connectivity index (χ1) is 22.0. The van der Waals surface area contributed by atoms with E-state index in [-0.39, 0.29) is 98.7 Å². The predicted molar refractivity (Wildman–Crippen MR) is 160 cm³/mol. The summed E-state index contributed by atoms with van der Waals surface area (Å²) in [4.78, 5) is 53.9. The van der Waals surface area contributed by atoms with E-state index in [4.69, 9.17) is 14.2 Å². The molecule has 1 aromatic carbocycles. The van der Waals surface area contributed by atoms with Crippen LogP contribution in [0.4, 0.5) is 0 Å². The van der Waals surface area contributed by atoms with Crippen LogP contribution in [0.3, 0.4) is 0 Å². The smallest absolute Gasteiger partial charge is 0.549 e. The molecule has 1 aliphatic rings. The monoisotopic (exact) mass is 809 g/mol. The van der Waals surface area contributed by atoms with Gasteiger partial charge in [0.05, 0.1) is 43.8 Å². The Morgan fingerprint density at radius 1 is 0.723 bits per heavy atom. The van der Waals surface area contributed by atoms with Gasteiger partial charge in [-0.2, -0.15) is 0 Å². The van der Waals surface area contributed by atoms with Crippen LogP contribution in [0.1, 0.15) is 25.8 Å². The third-order valence-electron chi connectivity index (χ3n) is 7.77. The molecule has 2 unspecified atom stereocenters. The second kappa shape index (κ2) is 24.2. The van der Waals surface area contributed by atoms with Gasteiger partial charge in [-0.3, -0.25) is 24.4 Å². The summed E-state index contributed by atoms with van der Waals surface area (Å²) in [5, 5.41) is 45.2. The van der Waals surface area contributed by atoms with Gasteiger partial charge in [-0.05, 0) is 37.5 Å². The summed E-state index contributed by atoms with van der Waals surface area (Å²) in [6, 6.07) is 5.03. The summed E-state index contributed by atoms with van der Waals surface area (Å²) < 4.78 is 16.3. The molecule has 1 fully saturated rings. The van der Waals surface area contributed by atoms with Crippen molar-refractivity contribution in [2.24, 2.45) is 0 Å². The maximum absolute atomic E-state index is 12.4. The summed E-state index contributed by atoms with van der Waals surface area (Å²) in [5.74, 6) is -4.39. The zero-order chi connectivity index (χ0) is 33.9. The van der Waals surface area contributed by atoms with E-state index in [9.17, 15) is 39.6 Å². The van der Waals surface area contributed by atoms with Gasteiger partial charge in [0.25, 0.3) is 0 Å². The molecular formula is C31H47GdN4O11. The number of carbonyl (C=O) groups excluding carboxylic acids is 3. The SMILES string of the molecule is CCOCCOCCOc1ccc(CC(C(=O)[O-])N2CCN(CC(=O)[O-])CCN(C(CC)C(=O)O)CCN(CC(=O)[O-])CC2)cc1.[Gd+3]. The van der Waals surface area contributed by atoms with Gasteiger partial charge in [-0.25, -0.2) is 0 Å². The van der Waals surface area contributed by atoms with Gasteiger partial charge in [0.1, 0.15) is 18.4 Å². The average Bonchev–Trinajstić information content (AvgIpc) is 2.99. The molecule has 0 spiro atoms. The van der Waals surface area contributed by atoms with Crippen molar-refractivity contribution in [3.05, 3.63) is 29.8 Å². The molecule has 1 radical (unpaired) electrons. The predicted octanol–water partition coefficient (Wildman–Crippen LogP) is -3.64. The fraction of sp³-hybridized carbons (Fsp3) is 0.677. The Labute approximate surface area is 308 Å². The van der Waals surface area contributed by atoms with E-state index in [0.717, 1.165) is 0 Å². The minimum atomic E-state index is -1.33. The molecule has 0 aromatic heterocycles. The van der Waals surface area contributed by atoms with E-state index < -0.39 is 49.1 Å². The molecule has 0 saturated carbocycles. The maximum atomic E-state index is 12.4. The third-order valence-corrected chi connectivity index (χ3v) is 7.77. The van der Waals surface area contributed by atoms with Gasteiger partial charge in [0.15, 0.2) is 0 Å². The Hall–Kier alpha value is -2.02. The van der Waals surface area contributed by atoms with Crippen molar-refractivity contribution in [1.82, 2.24) is 19.6 Å². The Kier molecular flexibility index (Phi) is 22.1. The van der Waals surface area contributed by atoms with Crippen molar-refractivity contribution < 1.29 is 93.8 Å². The van der Waals surface area contributed by atoms with E-state index in [0.29, 0.717) is 50.8 Å². The Bertz CT molecular complexity index is 1050. The molecule has 1 heterocycles. The van der Waals surface area contributed by atoms with Gasteiger partial charge in [-0.15, -0.1) is 0 Å². The van der Waals surface area contributed by atoms with E-state index in [1.165, 1.54) is 0 Å². The standard InChI is InChI=1S/C31H50N4O11.Gd/c1-3-26(30(40)41)34-13-9-32(22-28(36)37)11-15-35(16-12-33(10-14-34)23-29(38)39)27(31(42)43)21-24-5-7-25(8-6-24)46-20-19-45-18-17-44-4-2;/h5-8,26-27H,3-4,9-23H2,1-2H3,(H,36,37)(H,38,39)(H,40,41)(H,42,43);/q;+3/p-3. The minimum absolute atomic E-state index is 0. The Balaban J connectivity index is 0.0000110.